The largest absolute Gasteiger partial charge is 0.379 e. The molecule has 18 heavy (non-hydrogen) atoms. The van der Waals surface area contributed by atoms with Crippen molar-refractivity contribution in [3.05, 3.63) is 71.3 Å². The smallest absolute Gasteiger partial charge is 0.132 e. The molecule has 0 fully saturated rings. The first kappa shape index (κ1) is 12.7. The summed E-state index contributed by atoms with van der Waals surface area (Å²) in [5.41, 5.74) is 3.60. The highest BCUT2D eigenvalue weighted by molar-refractivity contribution is 5.38. The average Bonchev–Trinajstić information content (AvgIpc) is 2.39. The van der Waals surface area contributed by atoms with Crippen molar-refractivity contribution in [2.75, 3.05) is 6.54 Å². The lowest BCUT2D eigenvalue weighted by Gasteiger charge is -2.28. The van der Waals surface area contributed by atoms with Gasteiger partial charge in [0, 0.05) is 6.54 Å². The van der Waals surface area contributed by atoms with E-state index in [1.807, 2.05) is 0 Å². The van der Waals surface area contributed by atoms with E-state index in [0.717, 1.165) is 12.1 Å². The summed E-state index contributed by atoms with van der Waals surface area (Å²) in [6, 6.07) is 11.7. The third-order valence-corrected chi connectivity index (χ3v) is 2.92. The summed E-state index contributed by atoms with van der Waals surface area (Å²) in [4.78, 5) is 0. The summed E-state index contributed by atoms with van der Waals surface area (Å²) < 4.78 is 27.5. The molecule has 0 aliphatic heterocycles. The molecule has 2 aromatic carbocycles. The first-order valence-corrected chi connectivity index (χ1v) is 5.52. The minimum absolute atomic E-state index is 0.311. The number of aliphatic hydroxyl groups is 1. The molecule has 2 nitrogen and oxygen atoms in total. The van der Waals surface area contributed by atoms with Gasteiger partial charge in [-0.3, -0.25) is 0 Å². The van der Waals surface area contributed by atoms with Crippen LogP contribution in [0.25, 0.3) is 0 Å². The number of hydrogen-bond donors (Lipinski definition) is 2. The van der Waals surface area contributed by atoms with Gasteiger partial charge < -0.3 is 10.8 Å². The summed E-state index contributed by atoms with van der Waals surface area (Å²) >= 11 is 0. The molecule has 4 heteroatoms. The number of halogens is 2. The van der Waals surface area contributed by atoms with Crippen LogP contribution in [0.15, 0.2) is 48.5 Å². The molecule has 0 saturated heterocycles. The Bertz CT molecular complexity index is 524. The van der Waals surface area contributed by atoms with E-state index in [1.54, 1.807) is 30.3 Å². The predicted octanol–water partition coefficient (Wildman–Crippen LogP) is 2.16. The summed E-state index contributed by atoms with van der Waals surface area (Å²) in [6.07, 6.45) is 0. The van der Waals surface area contributed by atoms with Crippen LogP contribution < -0.4 is 5.73 Å². The van der Waals surface area contributed by atoms with Crippen molar-refractivity contribution in [2.45, 2.75) is 5.60 Å². The Morgan fingerprint density at radius 1 is 0.944 bits per heavy atom. The summed E-state index contributed by atoms with van der Waals surface area (Å²) in [5, 5.41) is 10.5. The van der Waals surface area contributed by atoms with Crippen LogP contribution in [-0.2, 0) is 5.60 Å². The van der Waals surface area contributed by atoms with Gasteiger partial charge in [0.1, 0.15) is 17.2 Å². The van der Waals surface area contributed by atoms with Gasteiger partial charge in [0.05, 0.1) is 5.56 Å². The normalized spacial score (nSPS) is 14.2. The predicted molar refractivity (Wildman–Crippen MR) is 64.9 cm³/mol. The zero-order valence-electron chi connectivity index (χ0n) is 9.61. The Morgan fingerprint density at radius 3 is 2.00 bits per heavy atom. The minimum atomic E-state index is -1.86. The molecule has 0 heterocycles. The number of hydrogen-bond acceptors (Lipinski definition) is 2. The van der Waals surface area contributed by atoms with Crippen molar-refractivity contribution in [3.8, 4) is 0 Å². The average molecular weight is 249 g/mol. The zero-order chi connectivity index (χ0) is 13.2. The number of benzene rings is 2. The zero-order valence-corrected chi connectivity index (χ0v) is 9.61. The van der Waals surface area contributed by atoms with Crippen LogP contribution in [0.5, 0.6) is 0 Å². The van der Waals surface area contributed by atoms with E-state index in [4.69, 9.17) is 5.73 Å². The van der Waals surface area contributed by atoms with E-state index >= 15 is 0 Å². The molecule has 1 atom stereocenters. The fourth-order valence-corrected chi connectivity index (χ4v) is 1.97. The molecular formula is C14H13F2NO. The van der Waals surface area contributed by atoms with Gasteiger partial charge in [0.15, 0.2) is 0 Å². The van der Waals surface area contributed by atoms with E-state index in [-0.39, 0.29) is 6.54 Å². The maximum atomic E-state index is 13.8. The lowest BCUT2D eigenvalue weighted by molar-refractivity contribution is 0.0817. The quantitative estimate of drug-likeness (QED) is 0.875. The maximum Gasteiger partial charge on any atom is 0.132 e. The maximum absolute atomic E-state index is 13.8. The minimum Gasteiger partial charge on any atom is -0.379 e. The third-order valence-electron chi connectivity index (χ3n) is 2.92. The highest BCUT2D eigenvalue weighted by atomic mass is 19.1. The van der Waals surface area contributed by atoms with Gasteiger partial charge in [-0.1, -0.05) is 36.4 Å². The molecule has 0 aromatic heterocycles. The van der Waals surface area contributed by atoms with Crippen LogP contribution in [0.1, 0.15) is 11.1 Å². The van der Waals surface area contributed by atoms with Crippen molar-refractivity contribution in [1.29, 1.82) is 0 Å². The van der Waals surface area contributed by atoms with Crippen LogP contribution in [-0.4, -0.2) is 11.7 Å². The van der Waals surface area contributed by atoms with E-state index < -0.39 is 22.8 Å². The summed E-state index contributed by atoms with van der Waals surface area (Å²) in [6.45, 7) is -0.311. The number of rotatable bonds is 3. The molecule has 2 aromatic rings. The molecule has 3 N–H and O–H groups in total. The first-order valence-electron chi connectivity index (χ1n) is 5.52. The molecule has 0 amide bonds. The van der Waals surface area contributed by atoms with Crippen LogP contribution in [0, 0.1) is 11.6 Å². The van der Waals surface area contributed by atoms with Crippen molar-refractivity contribution in [3.63, 3.8) is 0 Å². The van der Waals surface area contributed by atoms with Gasteiger partial charge in [0.25, 0.3) is 0 Å². The molecule has 0 radical (unpaired) electrons. The van der Waals surface area contributed by atoms with Crippen molar-refractivity contribution >= 4 is 0 Å². The molecule has 2 rings (SSSR count). The van der Waals surface area contributed by atoms with Crippen molar-refractivity contribution < 1.29 is 13.9 Å². The van der Waals surface area contributed by atoms with Crippen LogP contribution in [0.4, 0.5) is 8.78 Å². The van der Waals surface area contributed by atoms with Crippen LogP contribution in [0.2, 0.25) is 0 Å². The van der Waals surface area contributed by atoms with Crippen molar-refractivity contribution in [1.82, 2.24) is 0 Å². The van der Waals surface area contributed by atoms with Gasteiger partial charge in [0.2, 0.25) is 0 Å². The fourth-order valence-electron chi connectivity index (χ4n) is 1.97. The molecule has 0 aliphatic carbocycles. The van der Waals surface area contributed by atoms with Gasteiger partial charge in [-0.05, 0) is 17.7 Å². The molecule has 0 spiro atoms. The SMILES string of the molecule is NCC(O)(c1ccccc1)c1c(F)cccc1F. The fraction of sp³-hybridized carbons (Fsp3) is 0.143. The Hall–Kier alpha value is -1.78. The molecule has 1 unspecified atom stereocenters. The van der Waals surface area contributed by atoms with E-state index in [2.05, 4.69) is 0 Å². The molecule has 94 valence electrons. The van der Waals surface area contributed by atoms with Crippen LogP contribution in [0.3, 0.4) is 0 Å². The Morgan fingerprint density at radius 2 is 1.50 bits per heavy atom. The Labute approximate surface area is 104 Å². The lowest BCUT2D eigenvalue weighted by atomic mass is 9.85. The topological polar surface area (TPSA) is 46.2 Å². The summed E-state index contributed by atoms with van der Waals surface area (Å²) in [5.74, 6) is -1.63. The number of nitrogens with two attached hydrogens (primary N) is 1. The lowest BCUT2D eigenvalue weighted by Crippen LogP contribution is -2.38. The van der Waals surface area contributed by atoms with E-state index in [1.165, 1.54) is 6.07 Å². The second kappa shape index (κ2) is 4.84. The monoisotopic (exact) mass is 249 g/mol. The Kier molecular flexibility index (Phi) is 3.41. The second-order valence-electron chi connectivity index (χ2n) is 4.03. The highest BCUT2D eigenvalue weighted by Gasteiger charge is 2.35. The third kappa shape index (κ3) is 2.00. The molecule has 0 aliphatic rings. The van der Waals surface area contributed by atoms with Crippen molar-refractivity contribution in [2.24, 2.45) is 5.73 Å². The standard InChI is InChI=1S/C14H13F2NO/c15-11-7-4-8-12(16)13(11)14(18,9-17)10-5-2-1-3-6-10/h1-8,18H,9,17H2. The highest BCUT2D eigenvalue weighted by Crippen LogP contribution is 2.32. The Balaban J connectivity index is 2.65. The first-order chi connectivity index (χ1) is 8.59. The van der Waals surface area contributed by atoms with Crippen LogP contribution >= 0.6 is 0 Å². The molecule has 0 saturated carbocycles. The van der Waals surface area contributed by atoms with E-state index in [0.29, 0.717) is 5.56 Å². The molecular weight excluding hydrogens is 236 g/mol. The van der Waals surface area contributed by atoms with E-state index in [9.17, 15) is 13.9 Å². The van der Waals surface area contributed by atoms with Gasteiger partial charge in [-0.25, -0.2) is 8.78 Å². The second-order valence-corrected chi connectivity index (χ2v) is 4.03. The van der Waals surface area contributed by atoms with Gasteiger partial charge in [-0.2, -0.15) is 0 Å². The summed E-state index contributed by atoms with van der Waals surface area (Å²) in [7, 11) is 0. The van der Waals surface area contributed by atoms with Gasteiger partial charge in [-0.15, -0.1) is 0 Å². The van der Waals surface area contributed by atoms with Gasteiger partial charge >= 0.3 is 0 Å². The molecule has 0 bridgehead atoms.